The second kappa shape index (κ2) is 6.42. The van der Waals surface area contributed by atoms with Crippen LogP contribution in [0.5, 0.6) is 0 Å². The third-order valence-corrected chi connectivity index (χ3v) is 4.08. The van der Waals surface area contributed by atoms with E-state index in [4.69, 9.17) is 10.4 Å². The van der Waals surface area contributed by atoms with E-state index in [0.29, 0.717) is 5.92 Å². The van der Waals surface area contributed by atoms with Crippen molar-refractivity contribution in [1.29, 1.82) is 5.26 Å². The third kappa shape index (κ3) is 3.51. The molecule has 0 unspecified atom stereocenters. The molecule has 2 rings (SSSR count). The van der Waals surface area contributed by atoms with Crippen molar-refractivity contribution in [2.75, 3.05) is 18.0 Å². The van der Waals surface area contributed by atoms with Gasteiger partial charge in [0.05, 0.1) is 11.6 Å². The zero-order valence-electron chi connectivity index (χ0n) is 11.8. The Morgan fingerprint density at radius 3 is 2.70 bits per heavy atom. The lowest BCUT2D eigenvalue weighted by molar-refractivity contribution is -0.137. The van der Waals surface area contributed by atoms with Crippen molar-refractivity contribution in [3.8, 4) is 6.07 Å². The van der Waals surface area contributed by atoms with Gasteiger partial charge in [0.1, 0.15) is 0 Å². The maximum absolute atomic E-state index is 10.6. The minimum atomic E-state index is -0.699. The lowest BCUT2D eigenvalue weighted by Gasteiger charge is -2.33. The van der Waals surface area contributed by atoms with E-state index in [2.05, 4.69) is 17.0 Å². The van der Waals surface area contributed by atoms with Crippen LogP contribution in [0.1, 0.15) is 36.8 Å². The number of aryl methyl sites for hydroxylation is 1. The van der Waals surface area contributed by atoms with Crippen LogP contribution in [-0.4, -0.2) is 24.2 Å². The molecule has 1 aliphatic rings. The minimum absolute atomic E-state index is 0.278. The van der Waals surface area contributed by atoms with E-state index < -0.39 is 5.97 Å². The molecule has 20 heavy (non-hydrogen) atoms. The number of anilines is 1. The lowest BCUT2D eigenvalue weighted by Crippen LogP contribution is -2.33. The summed E-state index contributed by atoms with van der Waals surface area (Å²) in [7, 11) is 0. The second-order valence-electron chi connectivity index (χ2n) is 5.47. The summed E-state index contributed by atoms with van der Waals surface area (Å²) < 4.78 is 0. The van der Waals surface area contributed by atoms with Gasteiger partial charge >= 0.3 is 5.97 Å². The fourth-order valence-electron chi connectivity index (χ4n) is 2.78. The van der Waals surface area contributed by atoms with Gasteiger partial charge in [0.25, 0.3) is 0 Å². The molecule has 0 aromatic heterocycles. The van der Waals surface area contributed by atoms with Crippen LogP contribution in [0, 0.1) is 24.2 Å². The molecule has 0 amide bonds. The SMILES string of the molecule is Cc1cc(N2CCC(CCC(=O)O)CC2)ccc1C#N. The van der Waals surface area contributed by atoms with Gasteiger partial charge in [-0.2, -0.15) is 5.26 Å². The molecule has 0 spiro atoms. The van der Waals surface area contributed by atoms with Crippen molar-refractivity contribution in [2.24, 2.45) is 5.92 Å². The van der Waals surface area contributed by atoms with E-state index >= 15 is 0 Å². The number of piperidine rings is 1. The molecule has 1 aromatic rings. The van der Waals surface area contributed by atoms with Crippen LogP contribution in [0.3, 0.4) is 0 Å². The summed E-state index contributed by atoms with van der Waals surface area (Å²) in [4.78, 5) is 12.9. The Morgan fingerprint density at radius 1 is 1.45 bits per heavy atom. The van der Waals surface area contributed by atoms with E-state index in [1.807, 2.05) is 19.1 Å². The molecule has 0 bridgehead atoms. The largest absolute Gasteiger partial charge is 0.481 e. The molecule has 1 fully saturated rings. The molecular formula is C16H20N2O2. The number of carboxylic acid groups (broad SMARTS) is 1. The topological polar surface area (TPSA) is 64.3 Å². The first-order valence-electron chi connectivity index (χ1n) is 7.07. The highest BCUT2D eigenvalue weighted by atomic mass is 16.4. The molecule has 0 aliphatic carbocycles. The zero-order valence-corrected chi connectivity index (χ0v) is 11.8. The fourth-order valence-corrected chi connectivity index (χ4v) is 2.78. The molecular weight excluding hydrogens is 252 g/mol. The molecule has 1 aliphatic heterocycles. The third-order valence-electron chi connectivity index (χ3n) is 4.08. The second-order valence-corrected chi connectivity index (χ2v) is 5.47. The van der Waals surface area contributed by atoms with Gasteiger partial charge in [-0.05, 0) is 55.9 Å². The zero-order chi connectivity index (χ0) is 14.5. The lowest BCUT2D eigenvalue weighted by atomic mass is 9.92. The first-order valence-corrected chi connectivity index (χ1v) is 7.07. The maximum Gasteiger partial charge on any atom is 0.303 e. The van der Waals surface area contributed by atoms with E-state index in [1.165, 1.54) is 0 Å². The predicted molar refractivity (Wildman–Crippen MR) is 77.7 cm³/mol. The van der Waals surface area contributed by atoms with Crippen molar-refractivity contribution in [3.63, 3.8) is 0 Å². The van der Waals surface area contributed by atoms with E-state index in [1.54, 1.807) is 0 Å². The van der Waals surface area contributed by atoms with Crippen LogP contribution in [0.25, 0.3) is 0 Å². The molecule has 1 saturated heterocycles. The number of benzene rings is 1. The van der Waals surface area contributed by atoms with Crippen LogP contribution < -0.4 is 4.90 Å². The Hall–Kier alpha value is -2.02. The molecule has 0 saturated carbocycles. The van der Waals surface area contributed by atoms with Gasteiger partial charge in [-0.1, -0.05) is 0 Å². The standard InChI is InChI=1S/C16H20N2O2/c1-12-10-15(4-3-14(12)11-17)18-8-6-13(7-9-18)2-5-16(19)20/h3-4,10,13H,2,5-9H2,1H3,(H,19,20). The average Bonchev–Trinajstić information content (AvgIpc) is 2.45. The van der Waals surface area contributed by atoms with Crippen molar-refractivity contribution in [3.05, 3.63) is 29.3 Å². The van der Waals surface area contributed by atoms with E-state index in [0.717, 1.165) is 49.2 Å². The number of nitriles is 1. The van der Waals surface area contributed by atoms with E-state index in [-0.39, 0.29) is 6.42 Å². The minimum Gasteiger partial charge on any atom is -0.481 e. The number of rotatable bonds is 4. The number of hydrogen-bond donors (Lipinski definition) is 1. The monoisotopic (exact) mass is 272 g/mol. The van der Waals surface area contributed by atoms with Crippen LogP contribution in [0.2, 0.25) is 0 Å². The summed E-state index contributed by atoms with van der Waals surface area (Å²) >= 11 is 0. The first kappa shape index (κ1) is 14.4. The summed E-state index contributed by atoms with van der Waals surface area (Å²) in [5.41, 5.74) is 2.90. The predicted octanol–water partition coefficient (Wildman–Crippen LogP) is 2.95. The summed E-state index contributed by atoms with van der Waals surface area (Å²) in [5, 5.41) is 17.7. The number of aliphatic carboxylic acids is 1. The van der Waals surface area contributed by atoms with Crippen LogP contribution in [0.15, 0.2) is 18.2 Å². The summed E-state index contributed by atoms with van der Waals surface area (Å²) in [6.45, 7) is 3.90. The molecule has 106 valence electrons. The number of carbonyl (C=O) groups is 1. The van der Waals surface area contributed by atoms with Gasteiger partial charge in [0.15, 0.2) is 0 Å². The summed E-state index contributed by atoms with van der Waals surface area (Å²) in [5.74, 6) is -0.169. The number of hydrogen-bond acceptors (Lipinski definition) is 3. The van der Waals surface area contributed by atoms with E-state index in [9.17, 15) is 4.79 Å². The fraction of sp³-hybridized carbons (Fsp3) is 0.500. The van der Waals surface area contributed by atoms with Gasteiger partial charge in [-0.3, -0.25) is 4.79 Å². The molecule has 1 N–H and O–H groups in total. The average molecular weight is 272 g/mol. The Bertz CT molecular complexity index is 526. The molecule has 1 aromatic carbocycles. The highest BCUT2D eigenvalue weighted by Gasteiger charge is 2.20. The van der Waals surface area contributed by atoms with Gasteiger partial charge < -0.3 is 10.0 Å². The van der Waals surface area contributed by atoms with Crippen molar-refractivity contribution >= 4 is 11.7 Å². The van der Waals surface area contributed by atoms with Crippen molar-refractivity contribution in [2.45, 2.75) is 32.6 Å². The Balaban J connectivity index is 1.92. The van der Waals surface area contributed by atoms with Gasteiger partial charge in [0, 0.05) is 25.2 Å². The molecule has 4 heteroatoms. The molecule has 4 nitrogen and oxygen atoms in total. The van der Waals surface area contributed by atoms with Gasteiger partial charge in [0.2, 0.25) is 0 Å². The Morgan fingerprint density at radius 2 is 2.15 bits per heavy atom. The Kier molecular flexibility index (Phi) is 4.62. The highest BCUT2D eigenvalue weighted by molar-refractivity contribution is 5.66. The molecule has 0 atom stereocenters. The van der Waals surface area contributed by atoms with Crippen LogP contribution in [-0.2, 0) is 4.79 Å². The number of nitrogens with zero attached hydrogens (tertiary/aromatic N) is 2. The number of carboxylic acids is 1. The molecule has 1 heterocycles. The highest BCUT2D eigenvalue weighted by Crippen LogP contribution is 2.27. The summed E-state index contributed by atoms with van der Waals surface area (Å²) in [6, 6.07) is 8.13. The Labute approximate surface area is 119 Å². The quantitative estimate of drug-likeness (QED) is 0.915. The van der Waals surface area contributed by atoms with Crippen molar-refractivity contribution < 1.29 is 9.90 Å². The first-order chi connectivity index (χ1) is 9.60. The molecule has 0 radical (unpaired) electrons. The smallest absolute Gasteiger partial charge is 0.303 e. The van der Waals surface area contributed by atoms with Crippen LogP contribution >= 0.6 is 0 Å². The summed E-state index contributed by atoms with van der Waals surface area (Å²) in [6.07, 6.45) is 3.16. The van der Waals surface area contributed by atoms with Crippen molar-refractivity contribution in [1.82, 2.24) is 0 Å². The van der Waals surface area contributed by atoms with Gasteiger partial charge in [-0.15, -0.1) is 0 Å². The normalized spacial score (nSPS) is 15.9. The maximum atomic E-state index is 10.6. The van der Waals surface area contributed by atoms with Gasteiger partial charge in [-0.25, -0.2) is 0 Å². The van der Waals surface area contributed by atoms with Crippen LogP contribution in [0.4, 0.5) is 5.69 Å².